The lowest BCUT2D eigenvalue weighted by molar-refractivity contribution is 0.102. The number of anilines is 2. The maximum atomic E-state index is 12.4. The predicted molar refractivity (Wildman–Crippen MR) is 123 cm³/mol. The molecule has 142 valence electrons. The van der Waals surface area contributed by atoms with Crippen LogP contribution in [0, 0.1) is 3.57 Å². The molecule has 2 N–H and O–H groups in total. The van der Waals surface area contributed by atoms with E-state index in [4.69, 9.17) is 21.7 Å². The van der Waals surface area contributed by atoms with Crippen LogP contribution in [0.25, 0.3) is 0 Å². The first-order chi connectivity index (χ1) is 13.5. The Morgan fingerprint density at radius 3 is 2.29 bits per heavy atom. The molecule has 0 aliphatic rings. The number of carbonyl (C=O) groups is 1. The van der Waals surface area contributed by atoms with Crippen molar-refractivity contribution in [3.05, 3.63) is 81.9 Å². The minimum Gasteiger partial charge on any atom is -0.495 e. The molecule has 3 aromatic rings. The van der Waals surface area contributed by atoms with E-state index < -0.39 is 0 Å². The molecule has 28 heavy (non-hydrogen) atoms. The van der Waals surface area contributed by atoms with Gasteiger partial charge in [0.25, 0.3) is 11.1 Å². The summed E-state index contributed by atoms with van der Waals surface area (Å²) in [6.45, 7) is 0. The topological polar surface area (TPSA) is 59.6 Å². The third-order valence-electron chi connectivity index (χ3n) is 3.77. The zero-order chi connectivity index (χ0) is 19.9. The Morgan fingerprint density at radius 2 is 1.61 bits per heavy atom. The predicted octanol–water partition coefficient (Wildman–Crippen LogP) is 5.33. The van der Waals surface area contributed by atoms with Crippen LogP contribution in [0.4, 0.5) is 11.4 Å². The number of rotatable bonds is 5. The van der Waals surface area contributed by atoms with Crippen LogP contribution in [0.3, 0.4) is 0 Å². The van der Waals surface area contributed by atoms with Crippen LogP contribution in [0.1, 0.15) is 10.4 Å². The molecule has 3 rings (SSSR count). The van der Waals surface area contributed by atoms with E-state index in [9.17, 15) is 4.79 Å². The second-order valence-electron chi connectivity index (χ2n) is 5.70. The standard InChI is InChI=1S/C21H17IN2O3S/c1-26-19-5-3-2-4-18(19)24-20(25)14-6-12-17(13-7-14)27-21(28)23-16-10-8-15(22)9-11-16/h2-13H,1H3,(H,23,28)(H,24,25). The quantitative estimate of drug-likeness (QED) is 0.364. The molecule has 0 radical (unpaired) electrons. The van der Waals surface area contributed by atoms with Gasteiger partial charge >= 0.3 is 0 Å². The fraction of sp³-hybridized carbons (Fsp3) is 0.0476. The van der Waals surface area contributed by atoms with Crippen LogP contribution in [0.15, 0.2) is 72.8 Å². The maximum absolute atomic E-state index is 12.4. The Balaban J connectivity index is 1.60. The molecule has 0 aliphatic carbocycles. The van der Waals surface area contributed by atoms with Gasteiger partial charge in [0.05, 0.1) is 12.8 Å². The molecule has 0 saturated heterocycles. The number of methoxy groups -OCH3 is 1. The van der Waals surface area contributed by atoms with E-state index in [0.29, 0.717) is 22.7 Å². The molecule has 3 aromatic carbocycles. The molecule has 5 nitrogen and oxygen atoms in total. The van der Waals surface area contributed by atoms with Crippen LogP contribution >= 0.6 is 34.8 Å². The number of hydrogen-bond acceptors (Lipinski definition) is 4. The molecule has 0 aliphatic heterocycles. The Bertz CT molecular complexity index is 976. The number of amides is 1. The molecule has 0 aromatic heterocycles. The monoisotopic (exact) mass is 504 g/mol. The molecular weight excluding hydrogens is 487 g/mol. The lowest BCUT2D eigenvalue weighted by Crippen LogP contribution is -2.16. The van der Waals surface area contributed by atoms with Gasteiger partial charge < -0.3 is 20.1 Å². The SMILES string of the molecule is COc1ccccc1NC(=O)c1ccc(OC(=S)Nc2ccc(I)cc2)cc1. The second kappa shape index (κ2) is 9.52. The Labute approximate surface area is 182 Å². The van der Waals surface area contributed by atoms with Crippen molar-refractivity contribution in [3.63, 3.8) is 0 Å². The van der Waals surface area contributed by atoms with Crippen molar-refractivity contribution in [2.24, 2.45) is 0 Å². The van der Waals surface area contributed by atoms with Gasteiger partial charge in [-0.1, -0.05) is 12.1 Å². The van der Waals surface area contributed by atoms with Gasteiger partial charge in [-0.15, -0.1) is 0 Å². The minimum atomic E-state index is -0.240. The van der Waals surface area contributed by atoms with Gasteiger partial charge in [-0.25, -0.2) is 0 Å². The van der Waals surface area contributed by atoms with E-state index in [1.165, 1.54) is 0 Å². The van der Waals surface area contributed by atoms with E-state index >= 15 is 0 Å². The van der Waals surface area contributed by atoms with Gasteiger partial charge in [0.15, 0.2) is 0 Å². The number of thiocarbonyl (C=S) groups is 1. The Hall–Kier alpha value is -2.65. The van der Waals surface area contributed by atoms with E-state index in [1.54, 1.807) is 43.5 Å². The highest BCUT2D eigenvalue weighted by molar-refractivity contribution is 14.1. The van der Waals surface area contributed by atoms with Crippen molar-refractivity contribution in [2.45, 2.75) is 0 Å². The normalized spacial score (nSPS) is 10.1. The third kappa shape index (κ3) is 5.43. The first kappa shape index (κ1) is 20.1. The van der Waals surface area contributed by atoms with E-state index in [-0.39, 0.29) is 11.1 Å². The van der Waals surface area contributed by atoms with Crippen molar-refractivity contribution in [3.8, 4) is 11.5 Å². The largest absolute Gasteiger partial charge is 0.495 e. The average molecular weight is 504 g/mol. The summed E-state index contributed by atoms with van der Waals surface area (Å²) < 4.78 is 12.0. The highest BCUT2D eigenvalue weighted by Crippen LogP contribution is 2.24. The molecule has 0 heterocycles. The summed E-state index contributed by atoms with van der Waals surface area (Å²) in [5.74, 6) is 0.898. The molecule has 0 unspecified atom stereocenters. The summed E-state index contributed by atoms with van der Waals surface area (Å²) in [4.78, 5) is 12.4. The van der Waals surface area contributed by atoms with Gasteiger partial charge in [-0.2, -0.15) is 0 Å². The highest BCUT2D eigenvalue weighted by atomic mass is 127. The first-order valence-electron chi connectivity index (χ1n) is 8.34. The molecule has 0 spiro atoms. The number of para-hydroxylation sites is 2. The summed E-state index contributed by atoms with van der Waals surface area (Å²) in [5, 5.41) is 6.07. The van der Waals surface area contributed by atoms with Crippen LogP contribution < -0.4 is 20.1 Å². The molecule has 0 atom stereocenters. The van der Waals surface area contributed by atoms with Gasteiger partial charge in [0.2, 0.25) is 0 Å². The number of ether oxygens (including phenoxy) is 2. The maximum Gasteiger partial charge on any atom is 0.266 e. The van der Waals surface area contributed by atoms with E-state index in [1.807, 2.05) is 36.4 Å². The summed E-state index contributed by atoms with van der Waals surface area (Å²) in [7, 11) is 1.56. The number of hydrogen-bond donors (Lipinski definition) is 2. The van der Waals surface area contributed by atoms with E-state index in [2.05, 4.69) is 33.2 Å². The number of nitrogens with one attached hydrogen (secondary N) is 2. The lowest BCUT2D eigenvalue weighted by Gasteiger charge is -2.11. The number of benzene rings is 3. The highest BCUT2D eigenvalue weighted by Gasteiger charge is 2.10. The molecule has 1 amide bonds. The summed E-state index contributed by atoms with van der Waals surface area (Å²) in [6.07, 6.45) is 0. The van der Waals surface area contributed by atoms with Crippen molar-refractivity contribution in [2.75, 3.05) is 17.7 Å². The minimum absolute atomic E-state index is 0.229. The Kier molecular flexibility index (Phi) is 6.83. The smallest absolute Gasteiger partial charge is 0.266 e. The van der Waals surface area contributed by atoms with Gasteiger partial charge in [0.1, 0.15) is 11.5 Å². The zero-order valence-electron chi connectivity index (χ0n) is 14.9. The van der Waals surface area contributed by atoms with Crippen LogP contribution in [-0.4, -0.2) is 18.2 Å². The third-order valence-corrected chi connectivity index (χ3v) is 4.68. The van der Waals surface area contributed by atoms with Crippen LogP contribution in [0.5, 0.6) is 11.5 Å². The molecule has 0 bridgehead atoms. The van der Waals surface area contributed by atoms with Gasteiger partial charge in [0, 0.05) is 14.8 Å². The lowest BCUT2D eigenvalue weighted by atomic mass is 10.2. The van der Waals surface area contributed by atoms with Crippen molar-refractivity contribution in [1.82, 2.24) is 0 Å². The zero-order valence-corrected chi connectivity index (χ0v) is 17.9. The Morgan fingerprint density at radius 1 is 0.929 bits per heavy atom. The molecule has 0 fully saturated rings. The summed E-state index contributed by atoms with van der Waals surface area (Å²) in [5.41, 5.74) is 1.95. The van der Waals surface area contributed by atoms with Crippen molar-refractivity contribution < 1.29 is 14.3 Å². The van der Waals surface area contributed by atoms with E-state index in [0.717, 1.165) is 9.26 Å². The number of carbonyl (C=O) groups excluding carboxylic acids is 1. The van der Waals surface area contributed by atoms with Crippen molar-refractivity contribution in [1.29, 1.82) is 0 Å². The average Bonchev–Trinajstić information content (AvgIpc) is 2.70. The molecular formula is C21H17IN2O3S. The van der Waals surface area contributed by atoms with Gasteiger partial charge in [-0.3, -0.25) is 4.79 Å². The first-order valence-corrected chi connectivity index (χ1v) is 9.82. The number of halogens is 1. The fourth-order valence-electron chi connectivity index (χ4n) is 2.40. The molecule has 0 saturated carbocycles. The second-order valence-corrected chi connectivity index (χ2v) is 7.32. The molecule has 7 heteroatoms. The summed E-state index contributed by atoms with van der Waals surface area (Å²) >= 11 is 7.46. The van der Waals surface area contributed by atoms with Gasteiger partial charge in [-0.05, 0) is 95.5 Å². The fourth-order valence-corrected chi connectivity index (χ4v) is 2.97. The van der Waals surface area contributed by atoms with Crippen LogP contribution in [-0.2, 0) is 0 Å². The van der Waals surface area contributed by atoms with Crippen molar-refractivity contribution >= 4 is 57.3 Å². The van der Waals surface area contributed by atoms with Crippen LogP contribution in [0.2, 0.25) is 0 Å². The summed E-state index contributed by atoms with van der Waals surface area (Å²) in [6, 6.07) is 21.8.